The highest BCUT2D eigenvalue weighted by Crippen LogP contribution is 2.41. The molecule has 15 nitrogen and oxygen atoms in total. The van der Waals surface area contributed by atoms with E-state index in [1.165, 1.54) is 30.5 Å². The Morgan fingerprint density at radius 3 is 2.43 bits per heavy atom. The molecule has 0 saturated carbocycles. The number of nitrogens with zero attached hydrogens (tertiary/aromatic N) is 6. The molecule has 3 atom stereocenters. The highest BCUT2D eigenvalue weighted by Gasteiger charge is 2.47. The second kappa shape index (κ2) is 14.6. The number of methoxy groups -OCH3 is 1. The number of piperidine rings is 1. The first-order valence-electron chi connectivity index (χ1n) is 19.2. The number of piperazine rings is 1. The number of nitrogens with one attached hydrogen (secondary N) is 3. The summed E-state index contributed by atoms with van der Waals surface area (Å²) in [5.41, 5.74) is 1.17. The SMILES string of the molecule is COc1cc(CCN2C[C@@H]3C[C@H]2CN3c2ccc3c(c2)C(=O)N(C2CCC(=O)NC2=O)C3=O)c(F)cc1Nc1cc(Nc2cncc3c2C(=O)N(C)C3)c(C(F)(F)F)cn1. The molecule has 7 heterocycles. The van der Waals surface area contributed by atoms with E-state index in [-0.39, 0.29) is 82.7 Å². The van der Waals surface area contributed by atoms with E-state index in [1.54, 1.807) is 31.3 Å². The summed E-state index contributed by atoms with van der Waals surface area (Å²) in [5, 5.41) is 7.82. The smallest absolute Gasteiger partial charge is 0.419 e. The molecule has 0 radical (unpaired) electrons. The summed E-state index contributed by atoms with van der Waals surface area (Å²) < 4.78 is 63.6. The molecule has 3 N–H and O–H groups in total. The van der Waals surface area contributed by atoms with Crippen molar-refractivity contribution in [1.29, 1.82) is 0 Å². The van der Waals surface area contributed by atoms with E-state index in [0.717, 1.165) is 23.1 Å². The molecule has 60 heavy (non-hydrogen) atoms. The van der Waals surface area contributed by atoms with Crippen LogP contribution >= 0.6 is 0 Å². The third kappa shape index (κ3) is 6.71. The van der Waals surface area contributed by atoms with Crippen molar-refractivity contribution in [3.8, 4) is 5.75 Å². The van der Waals surface area contributed by atoms with Crippen LogP contribution in [0.15, 0.2) is 55.0 Å². The van der Waals surface area contributed by atoms with Crippen molar-refractivity contribution in [2.75, 3.05) is 49.3 Å². The highest BCUT2D eigenvalue weighted by atomic mass is 19.4. The Kier molecular flexibility index (Phi) is 9.44. The van der Waals surface area contributed by atoms with Gasteiger partial charge in [0, 0.05) is 87.5 Å². The number of halogens is 4. The van der Waals surface area contributed by atoms with Crippen LogP contribution in [0.4, 0.5) is 46.1 Å². The molecule has 4 aromatic rings. The molecule has 1 unspecified atom stereocenters. The molecule has 2 bridgehead atoms. The van der Waals surface area contributed by atoms with Gasteiger partial charge in [0.1, 0.15) is 23.4 Å². The topological polar surface area (TPSA) is 169 Å². The number of imide groups is 2. The van der Waals surface area contributed by atoms with Gasteiger partial charge in [0.2, 0.25) is 11.8 Å². The maximum absolute atomic E-state index is 15.7. The summed E-state index contributed by atoms with van der Waals surface area (Å²) in [6.07, 6.45) is -0.0624. The van der Waals surface area contributed by atoms with Crippen molar-refractivity contribution < 1.29 is 46.3 Å². The Labute approximate surface area is 339 Å². The zero-order valence-electron chi connectivity index (χ0n) is 32.2. The summed E-state index contributed by atoms with van der Waals surface area (Å²) >= 11 is 0. The van der Waals surface area contributed by atoms with E-state index in [9.17, 15) is 37.1 Å². The van der Waals surface area contributed by atoms with Crippen LogP contribution in [0.5, 0.6) is 5.75 Å². The number of hydrogen-bond donors (Lipinski definition) is 3. The maximum atomic E-state index is 15.7. The first-order chi connectivity index (χ1) is 28.7. The van der Waals surface area contributed by atoms with Gasteiger partial charge in [-0.1, -0.05) is 0 Å². The largest absolute Gasteiger partial charge is 0.495 e. The minimum absolute atomic E-state index is 0.0355. The van der Waals surface area contributed by atoms with Crippen LogP contribution in [0.2, 0.25) is 0 Å². The van der Waals surface area contributed by atoms with Crippen LogP contribution in [-0.4, -0.2) is 106 Å². The molecule has 5 aliphatic rings. The molecule has 0 spiro atoms. The number of ether oxygens (including phenoxy) is 1. The van der Waals surface area contributed by atoms with Crippen LogP contribution in [0.25, 0.3) is 0 Å². The molecule has 2 aromatic carbocycles. The third-order valence-electron chi connectivity index (χ3n) is 11.9. The van der Waals surface area contributed by atoms with Crippen molar-refractivity contribution in [3.63, 3.8) is 0 Å². The van der Waals surface area contributed by atoms with Crippen LogP contribution in [0.1, 0.15) is 67.0 Å². The number of hydrogen-bond acceptors (Lipinski definition) is 12. The predicted octanol–water partition coefficient (Wildman–Crippen LogP) is 4.62. The second-order valence-corrected chi connectivity index (χ2v) is 15.5. The number of carbonyl (C=O) groups is 5. The molecule has 2 aromatic heterocycles. The van der Waals surface area contributed by atoms with E-state index in [0.29, 0.717) is 43.4 Å². The summed E-state index contributed by atoms with van der Waals surface area (Å²) in [6, 6.07) is 8.17. The first-order valence-corrected chi connectivity index (χ1v) is 19.2. The van der Waals surface area contributed by atoms with E-state index < -0.39 is 47.2 Å². The molecule has 0 aliphatic carbocycles. The van der Waals surface area contributed by atoms with Crippen LogP contribution < -0.4 is 25.6 Å². The van der Waals surface area contributed by atoms with E-state index in [4.69, 9.17) is 4.74 Å². The van der Waals surface area contributed by atoms with Crippen molar-refractivity contribution >= 4 is 58.1 Å². The zero-order valence-corrected chi connectivity index (χ0v) is 32.2. The fourth-order valence-corrected chi connectivity index (χ4v) is 8.92. The van der Waals surface area contributed by atoms with Gasteiger partial charge in [-0.25, -0.2) is 9.37 Å². The number of benzene rings is 2. The summed E-state index contributed by atoms with van der Waals surface area (Å²) in [6.45, 7) is 2.13. The zero-order chi connectivity index (χ0) is 42.2. The van der Waals surface area contributed by atoms with Gasteiger partial charge in [-0.3, -0.25) is 44.1 Å². The Balaban J connectivity index is 0.861. The van der Waals surface area contributed by atoms with Gasteiger partial charge in [0.15, 0.2) is 0 Å². The monoisotopic (exact) mass is 827 g/mol. The fourth-order valence-electron chi connectivity index (χ4n) is 8.92. The van der Waals surface area contributed by atoms with Crippen molar-refractivity contribution in [3.05, 3.63) is 94.2 Å². The Bertz CT molecular complexity index is 2520. The highest BCUT2D eigenvalue weighted by molar-refractivity contribution is 6.23. The van der Waals surface area contributed by atoms with Gasteiger partial charge in [-0.2, -0.15) is 13.2 Å². The fraction of sp³-hybridized carbons (Fsp3) is 0.341. The van der Waals surface area contributed by atoms with E-state index >= 15 is 4.39 Å². The third-order valence-corrected chi connectivity index (χ3v) is 11.9. The van der Waals surface area contributed by atoms with Crippen LogP contribution in [-0.2, 0) is 28.7 Å². The molecule has 19 heteroatoms. The number of amides is 5. The lowest BCUT2D eigenvalue weighted by molar-refractivity contribution is -0.137. The predicted molar refractivity (Wildman–Crippen MR) is 207 cm³/mol. The number of alkyl halides is 3. The Morgan fingerprint density at radius 1 is 0.900 bits per heavy atom. The minimum atomic E-state index is -4.79. The molecular formula is C41H37F4N9O6. The van der Waals surface area contributed by atoms with Gasteiger partial charge in [0.05, 0.1) is 52.6 Å². The average Bonchev–Trinajstić information content (AvgIpc) is 3.95. The number of likely N-dealkylation sites (tertiary alicyclic amines) is 1. The molecule has 9 rings (SSSR count). The molecule has 3 saturated heterocycles. The minimum Gasteiger partial charge on any atom is -0.495 e. The number of rotatable bonds is 10. The Morgan fingerprint density at radius 2 is 1.70 bits per heavy atom. The number of carbonyl (C=O) groups excluding carboxylic acids is 5. The molecule has 310 valence electrons. The summed E-state index contributed by atoms with van der Waals surface area (Å²) in [5.74, 6) is -2.93. The Hall–Kier alpha value is -6.63. The average molecular weight is 828 g/mol. The lowest BCUT2D eigenvalue weighted by Crippen LogP contribution is -2.54. The van der Waals surface area contributed by atoms with Gasteiger partial charge < -0.3 is 25.2 Å². The van der Waals surface area contributed by atoms with Crippen LogP contribution in [0, 0.1) is 5.82 Å². The van der Waals surface area contributed by atoms with Gasteiger partial charge >= 0.3 is 6.18 Å². The molecule has 5 aliphatic heterocycles. The van der Waals surface area contributed by atoms with Gasteiger partial charge in [-0.05, 0) is 49.1 Å². The molecule has 5 amide bonds. The summed E-state index contributed by atoms with van der Waals surface area (Å²) in [7, 11) is 2.98. The lowest BCUT2D eigenvalue weighted by atomic mass is 10.0. The van der Waals surface area contributed by atoms with Gasteiger partial charge in [0.25, 0.3) is 17.7 Å². The summed E-state index contributed by atoms with van der Waals surface area (Å²) in [4.78, 5) is 78.4. The van der Waals surface area contributed by atoms with Crippen LogP contribution in [0.3, 0.4) is 0 Å². The standard InChI is InChI=1S/C41H37F4N9O6/c1-51-17-21-14-46-16-31(36(21)40(51)59)48-29-13-34(47-15-27(29)41(43,44)45)49-30-12-28(42)20(9-33(30)60-2)7-8-52-18-24-10-23(52)19-53(24)22-3-4-25-26(11-22)39(58)54(38(25)57)32-5-6-35(55)50-37(32)56/h3-4,9,11-16,23-24,32H,5-8,10,17-19H2,1-2H3,(H2,47,48,49)(H,50,55,56)/t23-,24-,32?/m0/s1. The lowest BCUT2D eigenvalue weighted by Gasteiger charge is -2.35. The molecular weight excluding hydrogens is 790 g/mol. The van der Waals surface area contributed by atoms with E-state index in [1.807, 2.05) is 0 Å². The molecule has 3 fully saturated rings. The second-order valence-electron chi connectivity index (χ2n) is 15.5. The normalized spacial score (nSPS) is 21.2. The first kappa shape index (κ1) is 38.9. The number of fused-ring (bicyclic) bond motifs is 4. The van der Waals surface area contributed by atoms with Gasteiger partial charge in [-0.15, -0.1) is 0 Å². The van der Waals surface area contributed by atoms with Crippen molar-refractivity contribution in [2.24, 2.45) is 0 Å². The number of pyridine rings is 2. The van der Waals surface area contributed by atoms with Crippen molar-refractivity contribution in [2.45, 2.75) is 56.5 Å². The number of aromatic nitrogens is 2. The van der Waals surface area contributed by atoms with E-state index in [2.05, 4.69) is 35.7 Å². The number of anilines is 5. The quantitative estimate of drug-likeness (QED) is 0.150. The maximum Gasteiger partial charge on any atom is 0.419 e. The van der Waals surface area contributed by atoms with Crippen molar-refractivity contribution in [1.82, 2.24) is 30.0 Å².